The number of ether oxygens (including phenoxy) is 2. The van der Waals surface area contributed by atoms with E-state index in [1.807, 2.05) is 18.2 Å². The Morgan fingerprint density at radius 1 is 1.41 bits per heavy atom. The molecule has 22 heavy (non-hydrogen) atoms. The van der Waals surface area contributed by atoms with Crippen LogP contribution in [0.5, 0.6) is 5.75 Å². The zero-order valence-corrected chi connectivity index (χ0v) is 13.8. The summed E-state index contributed by atoms with van der Waals surface area (Å²) in [6.45, 7) is 3.08. The van der Waals surface area contributed by atoms with Crippen LogP contribution in [-0.4, -0.2) is 49.0 Å². The molecule has 2 aliphatic rings. The van der Waals surface area contributed by atoms with Crippen LogP contribution < -0.4 is 4.74 Å². The largest absolute Gasteiger partial charge is 0.497 e. The van der Waals surface area contributed by atoms with E-state index in [1.165, 1.54) is 0 Å². The predicted octanol–water partition coefficient (Wildman–Crippen LogP) is 2.71. The molecule has 5 heteroatoms. The van der Waals surface area contributed by atoms with Gasteiger partial charge in [-0.1, -0.05) is 18.0 Å². The maximum absolute atomic E-state index is 10.2. The average molecular weight is 326 g/mol. The van der Waals surface area contributed by atoms with Crippen molar-refractivity contribution in [2.45, 2.75) is 38.0 Å². The second kappa shape index (κ2) is 7.18. The zero-order valence-electron chi connectivity index (χ0n) is 13.0. The summed E-state index contributed by atoms with van der Waals surface area (Å²) in [5.74, 6) is 1.13. The Hall–Kier alpha value is -0.810. The van der Waals surface area contributed by atoms with E-state index in [1.54, 1.807) is 7.11 Å². The molecule has 1 heterocycles. The van der Waals surface area contributed by atoms with Gasteiger partial charge in [-0.25, -0.2) is 0 Å². The zero-order chi connectivity index (χ0) is 15.5. The molecule has 1 saturated heterocycles. The molecule has 0 aromatic heterocycles. The number of aliphatic hydroxyl groups is 1. The summed E-state index contributed by atoms with van der Waals surface area (Å²) in [5, 5.41) is 11.0. The first-order valence-electron chi connectivity index (χ1n) is 8.01. The third kappa shape index (κ3) is 3.40. The molecule has 3 rings (SSSR count). The van der Waals surface area contributed by atoms with Gasteiger partial charge in [-0.05, 0) is 36.6 Å². The first-order chi connectivity index (χ1) is 10.7. The highest BCUT2D eigenvalue weighted by Gasteiger charge is 2.37. The molecule has 0 spiro atoms. The number of morpholine rings is 1. The lowest BCUT2D eigenvalue weighted by Gasteiger charge is -2.40. The summed E-state index contributed by atoms with van der Waals surface area (Å²) in [6.07, 6.45) is 2.90. The first kappa shape index (κ1) is 16.1. The lowest BCUT2D eigenvalue weighted by molar-refractivity contribution is -0.0536. The fraction of sp³-hybridized carbons (Fsp3) is 0.647. The molecule has 1 saturated carbocycles. The molecule has 1 aromatic rings. The summed E-state index contributed by atoms with van der Waals surface area (Å²) in [5.41, 5.74) is 1.07. The van der Waals surface area contributed by atoms with Crippen molar-refractivity contribution < 1.29 is 14.6 Å². The summed E-state index contributed by atoms with van der Waals surface area (Å²) >= 11 is 6.35. The summed E-state index contributed by atoms with van der Waals surface area (Å²) in [7, 11) is 1.67. The van der Waals surface area contributed by atoms with Gasteiger partial charge in [0.2, 0.25) is 0 Å². The maximum atomic E-state index is 10.2. The molecule has 1 aliphatic carbocycles. The summed E-state index contributed by atoms with van der Waals surface area (Å²) in [6, 6.07) is 6.03. The molecular weight excluding hydrogens is 302 g/mol. The van der Waals surface area contributed by atoms with Crippen LogP contribution in [0.4, 0.5) is 0 Å². The maximum Gasteiger partial charge on any atom is 0.119 e. The molecule has 0 amide bonds. The minimum absolute atomic E-state index is 0.199. The van der Waals surface area contributed by atoms with Crippen LogP contribution in [0.3, 0.4) is 0 Å². The van der Waals surface area contributed by atoms with Crippen molar-refractivity contribution in [3.63, 3.8) is 0 Å². The highest BCUT2D eigenvalue weighted by Crippen LogP contribution is 2.33. The predicted molar refractivity (Wildman–Crippen MR) is 86.4 cm³/mol. The molecule has 1 aromatic carbocycles. The van der Waals surface area contributed by atoms with Crippen molar-refractivity contribution in [3.8, 4) is 5.75 Å². The minimum atomic E-state index is -0.199. The minimum Gasteiger partial charge on any atom is -0.497 e. The SMILES string of the molecule is COc1ccc(Cl)c(CN2CCOC[C@@H]2[C@@H]2CCC[C@@H]2O)c1. The van der Waals surface area contributed by atoms with Crippen LogP contribution >= 0.6 is 11.6 Å². The van der Waals surface area contributed by atoms with E-state index in [0.717, 1.165) is 55.3 Å². The van der Waals surface area contributed by atoms with Gasteiger partial charge in [0.25, 0.3) is 0 Å². The van der Waals surface area contributed by atoms with E-state index >= 15 is 0 Å². The number of aliphatic hydroxyl groups excluding tert-OH is 1. The van der Waals surface area contributed by atoms with Crippen LogP contribution in [0.2, 0.25) is 5.02 Å². The molecule has 122 valence electrons. The van der Waals surface area contributed by atoms with Gasteiger partial charge in [0, 0.05) is 30.1 Å². The second-order valence-corrected chi connectivity index (χ2v) is 6.64. The van der Waals surface area contributed by atoms with E-state index in [4.69, 9.17) is 21.1 Å². The standard InChI is InChI=1S/C17H24ClNO3/c1-21-13-5-6-15(18)12(9-13)10-19-7-8-22-11-16(19)14-3-2-4-17(14)20/h5-6,9,14,16-17,20H,2-4,7-8,10-11H2,1H3/t14-,16+,17-/m0/s1. The molecule has 0 radical (unpaired) electrons. The molecule has 2 fully saturated rings. The smallest absolute Gasteiger partial charge is 0.119 e. The van der Waals surface area contributed by atoms with Crippen molar-refractivity contribution in [1.29, 1.82) is 0 Å². The number of halogens is 1. The van der Waals surface area contributed by atoms with Crippen LogP contribution in [0.1, 0.15) is 24.8 Å². The Kier molecular flexibility index (Phi) is 5.24. The molecule has 4 nitrogen and oxygen atoms in total. The van der Waals surface area contributed by atoms with Gasteiger partial charge >= 0.3 is 0 Å². The highest BCUT2D eigenvalue weighted by atomic mass is 35.5. The number of nitrogens with zero attached hydrogens (tertiary/aromatic N) is 1. The second-order valence-electron chi connectivity index (χ2n) is 6.23. The number of hydrogen-bond acceptors (Lipinski definition) is 4. The van der Waals surface area contributed by atoms with E-state index in [2.05, 4.69) is 4.90 Å². The van der Waals surface area contributed by atoms with Gasteiger partial charge < -0.3 is 14.6 Å². The van der Waals surface area contributed by atoms with Gasteiger partial charge in [-0.15, -0.1) is 0 Å². The number of benzene rings is 1. The Morgan fingerprint density at radius 3 is 3.00 bits per heavy atom. The van der Waals surface area contributed by atoms with Gasteiger partial charge in [-0.2, -0.15) is 0 Å². The monoisotopic (exact) mass is 325 g/mol. The third-order valence-corrected chi connectivity index (χ3v) is 5.30. The molecule has 1 aliphatic heterocycles. The number of rotatable bonds is 4. The first-order valence-corrected chi connectivity index (χ1v) is 8.39. The molecular formula is C17H24ClNO3. The topological polar surface area (TPSA) is 41.9 Å². The van der Waals surface area contributed by atoms with Crippen molar-refractivity contribution in [2.24, 2.45) is 5.92 Å². The normalized spacial score (nSPS) is 29.7. The van der Waals surface area contributed by atoms with E-state index < -0.39 is 0 Å². The van der Waals surface area contributed by atoms with Crippen molar-refractivity contribution in [3.05, 3.63) is 28.8 Å². The average Bonchev–Trinajstić information content (AvgIpc) is 2.96. The fourth-order valence-corrected chi connectivity index (χ4v) is 3.86. The van der Waals surface area contributed by atoms with Crippen LogP contribution in [0.25, 0.3) is 0 Å². The lowest BCUT2D eigenvalue weighted by atomic mass is 9.94. The Labute approximate surface area is 137 Å². The Bertz CT molecular complexity index is 511. The molecule has 0 bridgehead atoms. The lowest BCUT2D eigenvalue weighted by Crippen LogP contribution is -2.50. The van der Waals surface area contributed by atoms with Crippen molar-refractivity contribution in [2.75, 3.05) is 26.9 Å². The van der Waals surface area contributed by atoms with Crippen molar-refractivity contribution >= 4 is 11.6 Å². The van der Waals surface area contributed by atoms with E-state index in [9.17, 15) is 5.11 Å². The molecule has 0 unspecified atom stereocenters. The van der Waals surface area contributed by atoms with Gasteiger partial charge in [-0.3, -0.25) is 4.90 Å². The van der Waals surface area contributed by atoms with Gasteiger partial charge in [0.1, 0.15) is 5.75 Å². The third-order valence-electron chi connectivity index (χ3n) is 4.93. The molecule has 3 atom stereocenters. The van der Waals surface area contributed by atoms with Crippen LogP contribution in [0, 0.1) is 5.92 Å². The summed E-state index contributed by atoms with van der Waals surface area (Å²) < 4.78 is 11.0. The quantitative estimate of drug-likeness (QED) is 0.924. The van der Waals surface area contributed by atoms with Crippen LogP contribution in [-0.2, 0) is 11.3 Å². The van der Waals surface area contributed by atoms with Crippen LogP contribution in [0.15, 0.2) is 18.2 Å². The number of hydrogen-bond donors (Lipinski definition) is 1. The van der Waals surface area contributed by atoms with Gasteiger partial charge in [0.15, 0.2) is 0 Å². The van der Waals surface area contributed by atoms with Crippen molar-refractivity contribution in [1.82, 2.24) is 4.90 Å². The Balaban J connectivity index is 1.76. The van der Waals surface area contributed by atoms with Gasteiger partial charge in [0.05, 0.1) is 26.4 Å². The molecule has 1 N–H and O–H groups in total. The summed E-state index contributed by atoms with van der Waals surface area (Å²) in [4.78, 5) is 2.41. The fourth-order valence-electron chi connectivity index (χ4n) is 3.68. The highest BCUT2D eigenvalue weighted by molar-refractivity contribution is 6.31. The number of methoxy groups -OCH3 is 1. The van der Waals surface area contributed by atoms with E-state index in [0.29, 0.717) is 12.5 Å². The Morgan fingerprint density at radius 2 is 2.27 bits per heavy atom. The van der Waals surface area contributed by atoms with E-state index in [-0.39, 0.29) is 12.1 Å².